The summed E-state index contributed by atoms with van der Waals surface area (Å²) >= 11 is 0. The SMILES string of the molecule is CC/C=C/C/C=C/C/C=C/C/C=C/C/C=C/C/C=C/CCCCC(=O)OCC(COCCC(C(=O)O)[N+](C)(C)C)OC(=O)CCCCCCCCCCCCCCCCCCCCCCCC. The quantitative estimate of drug-likeness (QED) is 0.0281. The van der Waals surface area contributed by atoms with Crippen LogP contribution in [0.2, 0.25) is 0 Å². The van der Waals surface area contributed by atoms with Gasteiger partial charge in [-0.05, 0) is 64.2 Å². The lowest BCUT2D eigenvalue weighted by molar-refractivity contribution is -0.887. The average Bonchev–Trinajstić information content (AvgIpc) is 3.29. The molecule has 0 bridgehead atoms. The summed E-state index contributed by atoms with van der Waals surface area (Å²) in [5.74, 6) is -1.52. The molecule has 0 aliphatic rings. The molecule has 0 radical (unpaired) electrons. The maximum atomic E-state index is 12.8. The summed E-state index contributed by atoms with van der Waals surface area (Å²) in [5, 5.41) is 9.67. The number of ether oxygens (including phenoxy) is 3. The summed E-state index contributed by atoms with van der Waals surface area (Å²) in [4.78, 5) is 37.2. The fraction of sp³-hybridized carbons (Fsp3) is 0.746. The summed E-state index contributed by atoms with van der Waals surface area (Å²) in [6.45, 7) is 4.60. The fourth-order valence-corrected chi connectivity index (χ4v) is 7.92. The van der Waals surface area contributed by atoms with E-state index in [1.807, 2.05) is 21.1 Å². The fourth-order valence-electron chi connectivity index (χ4n) is 7.92. The van der Waals surface area contributed by atoms with Crippen molar-refractivity contribution < 1.29 is 38.2 Å². The molecule has 0 amide bonds. The minimum atomic E-state index is -0.881. The van der Waals surface area contributed by atoms with Crippen LogP contribution in [0.5, 0.6) is 0 Å². The zero-order valence-electron chi connectivity index (χ0n) is 44.1. The standard InChI is InChI=1S/C59H103NO7/c1-6-8-10-12-14-16-18-20-22-24-26-28-30-32-34-36-38-40-42-44-46-48-50-58(62)67-55(53-65-52-51-56(59(63)64)60(3,4)5)54-66-57(61)49-47-45-43-41-39-37-35-33-31-29-27-25-23-21-19-17-15-13-11-9-7-2/h9,11,15,17,21,23,27,29,33,35,39,41,55-56H,6-8,10,12-14,16,18-20,22,24-26,28,30-32,34,36-38,40,42-54H2,1-5H3/p+1/b11-9+,17-15+,23-21+,29-27+,35-33+,41-39+. The Hall–Kier alpha value is -3.23. The Morgan fingerprint density at radius 1 is 0.463 bits per heavy atom. The van der Waals surface area contributed by atoms with Crippen molar-refractivity contribution in [3.8, 4) is 0 Å². The van der Waals surface area contributed by atoms with Gasteiger partial charge in [0.15, 0.2) is 12.1 Å². The maximum absolute atomic E-state index is 12.8. The molecule has 0 fully saturated rings. The molecule has 1 N–H and O–H groups in total. The Morgan fingerprint density at radius 3 is 1.24 bits per heavy atom. The second-order valence-corrected chi connectivity index (χ2v) is 19.5. The molecule has 8 nitrogen and oxygen atoms in total. The molecular weight excluding hydrogens is 835 g/mol. The zero-order valence-corrected chi connectivity index (χ0v) is 44.1. The van der Waals surface area contributed by atoms with E-state index in [0.29, 0.717) is 25.7 Å². The van der Waals surface area contributed by atoms with Gasteiger partial charge in [0, 0.05) is 19.3 Å². The highest BCUT2D eigenvalue weighted by atomic mass is 16.6. The van der Waals surface area contributed by atoms with Gasteiger partial charge in [-0.2, -0.15) is 0 Å². The summed E-state index contributed by atoms with van der Waals surface area (Å²) in [6, 6.07) is -0.624. The highest BCUT2D eigenvalue weighted by Gasteiger charge is 2.31. The molecule has 0 aromatic heterocycles. The number of carbonyl (C=O) groups excluding carboxylic acids is 2. The number of unbranched alkanes of at least 4 members (excludes halogenated alkanes) is 23. The number of carboxylic acid groups (broad SMARTS) is 1. The Kier molecular flexibility index (Phi) is 46.8. The number of quaternary nitrogens is 1. The highest BCUT2D eigenvalue weighted by Crippen LogP contribution is 2.16. The van der Waals surface area contributed by atoms with Gasteiger partial charge in [0.1, 0.15) is 6.61 Å². The predicted molar refractivity (Wildman–Crippen MR) is 284 cm³/mol. The molecule has 0 aliphatic heterocycles. The first-order chi connectivity index (χ1) is 32.6. The molecule has 0 rings (SSSR count). The van der Waals surface area contributed by atoms with Gasteiger partial charge in [-0.25, -0.2) is 4.79 Å². The molecule has 0 spiro atoms. The van der Waals surface area contributed by atoms with Gasteiger partial charge in [-0.15, -0.1) is 0 Å². The molecule has 0 aliphatic carbocycles. The van der Waals surface area contributed by atoms with Gasteiger partial charge in [0.2, 0.25) is 0 Å². The lowest BCUT2D eigenvalue weighted by Crippen LogP contribution is -2.50. The average molecular weight is 939 g/mol. The Balaban J connectivity index is 4.27. The van der Waals surface area contributed by atoms with Crippen LogP contribution in [0.25, 0.3) is 0 Å². The lowest BCUT2D eigenvalue weighted by Gasteiger charge is -2.31. The molecule has 0 aromatic rings. The van der Waals surface area contributed by atoms with Crippen molar-refractivity contribution in [2.75, 3.05) is 41.0 Å². The number of likely N-dealkylation sites (N-methyl/N-ethyl adjacent to an activating group) is 1. The largest absolute Gasteiger partial charge is 0.477 e. The van der Waals surface area contributed by atoms with E-state index in [-0.39, 0.29) is 36.2 Å². The topological polar surface area (TPSA) is 99.1 Å². The van der Waals surface area contributed by atoms with Crippen LogP contribution in [0.3, 0.4) is 0 Å². The van der Waals surface area contributed by atoms with Crippen LogP contribution in [0.15, 0.2) is 72.9 Å². The minimum Gasteiger partial charge on any atom is -0.477 e. The van der Waals surface area contributed by atoms with Crippen molar-refractivity contribution >= 4 is 17.9 Å². The third-order valence-electron chi connectivity index (χ3n) is 12.1. The second kappa shape index (κ2) is 49.2. The molecule has 0 aromatic carbocycles. The third kappa shape index (κ3) is 47.6. The monoisotopic (exact) mass is 939 g/mol. The summed E-state index contributed by atoms with van der Waals surface area (Å²) in [5.41, 5.74) is 0. The van der Waals surface area contributed by atoms with E-state index in [9.17, 15) is 19.5 Å². The van der Waals surface area contributed by atoms with Crippen LogP contribution in [0.4, 0.5) is 0 Å². The van der Waals surface area contributed by atoms with E-state index in [2.05, 4.69) is 86.8 Å². The number of carboxylic acids is 1. The van der Waals surface area contributed by atoms with E-state index >= 15 is 0 Å². The predicted octanol–water partition coefficient (Wildman–Crippen LogP) is 16.3. The summed E-state index contributed by atoms with van der Waals surface area (Å²) in [6.07, 6.45) is 63.9. The van der Waals surface area contributed by atoms with Crippen molar-refractivity contribution in [1.82, 2.24) is 0 Å². The van der Waals surface area contributed by atoms with Crippen LogP contribution < -0.4 is 0 Å². The smallest absolute Gasteiger partial charge is 0.362 e. The number of hydrogen-bond donors (Lipinski definition) is 1. The van der Waals surface area contributed by atoms with Gasteiger partial charge in [0.05, 0.1) is 34.4 Å². The molecule has 2 unspecified atom stereocenters. The molecule has 8 heteroatoms. The lowest BCUT2D eigenvalue weighted by atomic mass is 10.0. The summed E-state index contributed by atoms with van der Waals surface area (Å²) < 4.78 is 17.3. The first-order valence-corrected chi connectivity index (χ1v) is 27.5. The van der Waals surface area contributed by atoms with Crippen molar-refractivity contribution in [1.29, 1.82) is 0 Å². The maximum Gasteiger partial charge on any atom is 0.362 e. The number of rotatable bonds is 49. The van der Waals surface area contributed by atoms with Crippen molar-refractivity contribution in [2.45, 2.75) is 244 Å². The van der Waals surface area contributed by atoms with E-state index in [4.69, 9.17) is 14.2 Å². The molecule has 0 saturated carbocycles. The molecule has 67 heavy (non-hydrogen) atoms. The van der Waals surface area contributed by atoms with Crippen molar-refractivity contribution in [2.24, 2.45) is 0 Å². The van der Waals surface area contributed by atoms with Crippen LogP contribution in [-0.2, 0) is 28.6 Å². The van der Waals surface area contributed by atoms with Gasteiger partial charge < -0.3 is 23.8 Å². The van der Waals surface area contributed by atoms with Gasteiger partial charge in [-0.3, -0.25) is 9.59 Å². The van der Waals surface area contributed by atoms with E-state index in [1.165, 1.54) is 122 Å². The molecule has 2 atom stereocenters. The Bertz CT molecular complexity index is 1320. The van der Waals surface area contributed by atoms with Gasteiger partial charge >= 0.3 is 17.9 Å². The molecule has 0 saturated heterocycles. The Morgan fingerprint density at radius 2 is 0.836 bits per heavy atom. The Labute approximate surface area is 412 Å². The molecule has 0 heterocycles. The second-order valence-electron chi connectivity index (χ2n) is 19.5. The van der Waals surface area contributed by atoms with Crippen molar-refractivity contribution in [3.63, 3.8) is 0 Å². The number of aliphatic carboxylic acids is 1. The van der Waals surface area contributed by atoms with E-state index < -0.39 is 18.1 Å². The first-order valence-electron chi connectivity index (χ1n) is 27.5. The van der Waals surface area contributed by atoms with Crippen LogP contribution in [-0.4, -0.2) is 80.6 Å². The van der Waals surface area contributed by atoms with Gasteiger partial charge in [0.25, 0.3) is 0 Å². The van der Waals surface area contributed by atoms with Crippen LogP contribution in [0, 0.1) is 0 Å². The van der Waals surface area contributed by atoms with Crippen LogP contribution in [0.1, 0.15) is 232 Å². The van der Waals surface area contributed by atoms with Gasteiger partial charge in [-0.1, -0.05) is 222 Å². The van der Waals surface area contributed by atoms with E-state index in [1.54, 1.807) is 0 Å². The van der Waals surface area contributed by atoms with E-state index in [0.717, 1.165) is 70.6 Å². The third-order valence-corrected chi connectivity index (χ3v) is 12.1. The minimum absolute atomic E-state index is 0.0462. The molecule has 386 valence electrons. The number of allylic oxidation sites excluding steroid dienone is 12. The number of hydrogen-bond acceptors (Lipinski definition) is 6. The molecular formula is C59H104NO7+. The summed E-state index contributed by atoms with van der Waals surface area (Å²) in [7, 11) is 5.53. The van der Waals surface area contributed by atoms with Crippen molar-refractivity contribution in [3.05, 3.63) is 72.9 Å². The zero-order chi connectivity index (χ0) is 49.2. The number of nitrogens with zero attached hydrogens (tertiary/aromatic N) is 1. The highest BCUT2D eigenvalue weighted by molar-refractivity contribution is 5.72. The first kappa shape index (κ1) is 63.8. The van der Waals surface area contributed by atoms with Crippen LogP contribution >= 0.6 is 0 Å². The number of esters is 2. The number of carbonyl (C=O) groups is 3. The normalized spacial score (nSPS) is 13.4.